The fourth-order valence-corrected chi connectivity index (χ4v) is 10.8. The van der Waals surface area contributed by atoms with Crippen molar-refractivity contribution in [1.82, 2.24) is 0 Å². The number of allylic oxidation sites excluding steroid dienone is 1. The van der Waals surface area contributed by atoms with Crippen molar-refractivity contribution in [3.63, 3.8) is 0 Å². The van der Waals surface area contributed by atoms with Crippen LogP contribution in [0.1, 0.15) is 99.3 Å². The highest BCUT2D eigenvalue weighted by Gasteiger charge is 2.71. The molecule has 0 amide bonds. The first kappa shape index (κ1) is 27.2. The van der Waals surface area contributed by atoms with Crippen LogP contribution in [0, 0.1) is 56.7 Å². The van der Waals surface area contributed by atoms with Crippen molar-refractivity contribution in [2.75, 3.05) is 0 Å². The maximum absolute atomic E-state index is 12.8. The number of fused-ring (bicyclic) bond motifs is 5. The summed E-state index contributed by atoms with van der Waals surface area (Å²) >= 11 is 0. The van der Waals surface area contributed by atoms with Crippen LogP contribution in [-0.2, 0) is 14.4 Å². The van der Waals surface area contributed by atoms with E-state index >= 15 is 0 Å². The largest absolute Gasteiger partial charge is 0.481 e. The molecule has 3 N–H and O–H groups in total. The highest BCUT2D eigenvalue weighted by Crippen LogP contribution is 2.76. The molecular formula is C30H46O6. The monoisotopic (exact) mass is 502 g/mol. The van der Waals surface area contributed by atoms with E-state index in [4.69, 9.17) is 0 Å². The third kappa shape index (κ3) is 3.37. The van der Waals surface area contributed by atoms with Crippen molar-refractivity contribution < 1.29 is 29.7 Å². The number of carbonyl (C=O) groups is 3. The lowest BCUT2D eigenvalue weighted by atomic mass is 9.33. The number of carboxylic acids is 3. The van der Waals surface area contributed by atoms with Gasteiger partial charge in [-0.15, -0.1) is 0 Å². The van der Waals surface area contributed by atoms with Gasteiger partial charge in [-0.25, -0.2) is 0 Å². The zero-order valence-corrected chi connectivity index (χ0v) is 23.0. The molecule has 36 heavy (non-hydrogen) atoms. The predicted octanol–water partition coefficient (Wildman–Crippen LogP) is 6.49. The van der Waals surface area contributed by atoms with Gasteiger partial charge in [0.2, 0.25) is 0 Å². The first-order chi connectivity index (χ1) is 16.5. The highest BCUT2D eigenvalue weighted by atomic mass is 16.4. The van der Waals surface area contributed by atoms with Gasteiger partial charge in [0.1, 0.15) is 0 Å². The van der Waals surface area contributed by atoms with E-state index in [1.165, 1.54) is 0 Å². The molecule has 6 nitrogen and oxygen atoms in total. The minimum Gasteiger partial charge on any atom is -0.481 e. The molecule has 0 saturated heterocycles. The molecule has 0 aromatic heterocycles. The Morgan fingerprint density at radius 1 is 0.889 bits per heavy atom. The molecule has 202 valence electrons. The normalized spacial score (nSPS) is 46.2. The summed E-state index contributed by atoms with van der Waals surface area (Å²) in [7, 11) is 0. The number of aliphatic carboxylic acids is 3. The number of hydrogen-bond donors (Lipinski definition) is 3. The quantitative estimate of drug-likeness (QED) is 0.358. The number of hydrogen-bond acceptors (Lipinski definition) is 3. The van der Waals surface area contributed by atoms with Crippen LogP contribution in [0.2, 0.25) is 0 Å². The molecule has 4 rings (SSSR count). The number of rotatable bonds is 6. The van der Waals surface area contributed by atoms with Gasteiger partial charge in [-0.2, -0.15) is 0 Å². The number of carboxylic acid groups (broad SMARTS) is 3. The van der Waals surface area contributed by atoms with Crippen molar-refractivity contribution in [1.29, 1.82) is 0 Å². The summed E-state index contributed by atoms with van der Waals surface area (Å²) in [5.41, 5.74) is -1.59. The molecule has 0 aromatic rings. The second-order valence-electron chi connectivity index (χ2n) is 14.2. The fourth-order valence-electron chi connectivity index (χ4n) is 10.8. The highest BCUT2D eigenvalue weighted by molar-refractivity contribution is 5.76. The van der Waals surface area contributed by atoms with E-state index in [1.54, 1.807) is 13.8 Å². The molecule has 4 unspecified atom stereocenters. The van der Waals surface area contributed by atoms with Gasteiger partial charge < -0.3 is 15.3 Å². The maximum atomic E-state index is 12.8. The van der Waals surface area contributed by atoms with Crippen molar-refractivity contribution in [3.05, 3.63) is 12.2 Å². The molecule has 0 heterocycles. The van der Waals surface area contributed by atoms with Crippen molar-refractivity contribution in [2.24, 2.45) is 56.7 Å². The third-order valence-electron chi connectivity index (χ3n) is 12.7. The van der Waals surface area contributed by atoms with Gasteiger partial charge in [-0.3, -0.25) is 14.4 Å². The molecule has 4 aliphatic carbocycles. The standard InChI is InChI=1S/C30H46O6/c1-17(2)18-10-13-30(25(35)36)15-14-28(6)19(23(18)30)8-9-21-27(5,16-22(31)32)20(11-12-29(21,28)7)26(3,4)24(33)34/h18-21,23H,1,8-16H2,2-7H3,(H,31,32)(H,33,34)(H,35,36)/t18-,19?,20?,21?,23?,27-,28+,29+,30-/m0/s1. The topological polar surface area (TPSA) is 112 Å². The summed E-state index contributed by atoms with van der Waals surface area (Å²) in [6.07, 6.45) is 6.26. The first-order valence-corrected chi connectivity index (χ1v) is 13.8. The molecule has 0 bridgehead atoms. The van der Waals surface area contributed by atoms with Gasteiger partial charge in [0.15, 0.2) is 0 Å². The average Bonchev–Trinajstić information content (AvgIpc) is 3.15. The van der Waals surface area contributed by atoms with Gasteiger partial charge in [-0.1, -0.05) is 32.9 Å². The van der Waals surface area contributed by atoms with E-state index < -0.39 is 34.2 Å². The van der Waals surface area contributed by atoms with Crippen molar-refractivity contribution >= 4 is 17.9 Å². The van der Waals surface area contributed by atoms with Gasteiger partial charge in [0, 0.05) is 0 Å². The van der Waals surface area contributed by atoms with Crippen LogP contribution in [0.15, 0.2) is 12.2 Å². The van der Waals surface area contributed by atoms with E-state index in [2.05, 4.69) is 20.4 Å². The minimum absolute atomic E-state index is 0.0355. The molecule has 0 spiro atoms. The molecule has 0 radical (unpaired) electrons. The zero-order chi connectivity index (χ0) is 27.1. The van der Waals surface area contributed by atoms with Crippen LogP contribution >= 0.6 is 0 Å². The van der Waals surface area contributed by atoms with Crippen molar-refractivity contribution in [3.8, 4) is 0 Å². The van der Waals surface area contributed by atoms with Crippen molar-refractivity contribution in [2.45, 2.75) is 99.3 Å². The lowest BCUT2D eigenvalue weighted by Gasteiger charge is -2.71. The van der Waals surface area contributed by atoms with E-state index in [0.717, 1.165) is 37.7 Å². The average molecular weight is 503 g/mol. The van der Waals surface area contributed by atoms with Crippen LogP contribution in [0.3, 0.4) is 0 Å². The Labute approximate surface area is 215 Å². The summed E-state index contributed by atoms with van der Waals surface area (Å²) in [5, 5.41) is 30.6. The van der Waals surface area contributed by atoms with Gasteiger partial charge in [-0.05, 0) is 118 Å². The Morgan fingerprint density at radius 2 is 1.53 bits per heavy atom. The third-order valence-corrected chi connectivity index (χ3v) is 12.7. The molecule has 9 atom stereocenters. The molecule has 4 saturated carbocycles. The lowest BCUT2D eigenvalue weighted by molar-refractivity contribution is -0.233. The van der Waals surface area contributed by atoms with E-state index in [1.807, 2.05) is 13.8 Å². The summed E-state index contributed by atoms with van der Waals surface area (Å²) in [6.45, 7) is 16.6. The molecule has 4 fully saturated rings. The maximum Gasteiger partial charge on any atom is 0.309 e. The minimum atomic E-state index is -1.02. The van der Waals surface area contributed by atoms with Crippen LogP contribution < -0.4 is 0 Å². The van der Waals surface area contributed by atoms with Gasteiger partial charge in [0.05, 0.1) is 17.3 Å². The van der Waals surface area contributed by atoms with Gasteiger partial charge >= 0.3 is 17.9 Å². The fraction of sp³-hybridized carbons (Fsp3) is 0.833. The van der Waals surface area contributed by atoms with E-state index in [0.29, 0.717) is 19.3 Å². The second-order valence-corrected chi connectivity index (χ2v) is 14.2. The summed E-state index contributed by atoms with van der Waals surface area (Å²) in [5.74, 6) is -2.06. The van der Waals surface area contributed by atoms with E-state index in [-0.39, 0.29) is 46.8 Å². The van der Waals surface area contributed by atoms with Crippen LogP contribution in [0.5, 0.6) is 0 Å². The molecule has 6 heteroatoms. The van der Waals surface area contributed by atoms with Crippen LogP contribution in [-0.4, -0.2) is 33.2 Å². The summed E-state index contributed by atoms with van der Waals surface area (Å²) in [6, 6.07) is 0. The van der Waals surface area contributed by atoms with E-state index in [9.17, 15) is 29.7 Å². The van der Waals surface area contributed by atoms with Gasteiger partial charge in [0.25, 0.3) is 0 Å². The Bertz CT molecular complexity index is 984. The molecule has 4 aliphatic rings. The molecular weight excluding hydrogens is 456 g/mol. The Balaban J connectivity index is 1.82. The molecule has 0 aliphatic heterocycles. The lowest BCUT2D eigenvalue weighted by Crippen LogP contribution is -2.66. The Hall–Kier alpha value is -1.85. The van der Waals surface area contributed by atoms with Crippen LogP contribution in [0.4, 0.5) is 0 Å². The predicted molar refractivity (Wildman–Crippen MR) is 137 cm³/mol. The molecule has 0 aromatic carbocycles. The summed E-state index contributed by atoms with van der Waals surface area (Å²) in [4.78, 5) is 37.3. The Kier molecular flexibility index (Phi) is 6.29. The van der Waals surface area contributed by atoms with Crippen LogP contribution in [0.25, 0.3) is 0 Å². The smallest absolute Gasteiger partial charge is 0.309 e. The zero-order valence-electron chi connectivity index (χ0n) is 23.0. The summed E-state index contributed by atoms with van der Waals surface area (Å²) < 4.78 is 0. The Morgan fingerprint density at radius 3 is 2.06 bits per heavy atom. The SMILES string of the molecule is C=C(C)[C@@H]1CC[C@]2(C(=O)O)CC[C@]3(C)C(CCC4[C@@](C)(CC(=O)O)C(C(C)(C)C(=O)O)CC[C@]43C)C12. The first-order valence-electron chi connectivity index (χ1n) is 13.8. The second kappa shape index (κ2) is 8.33.